The highest BCUT2D eigenvalue weighted by atomic mass is 14.9. The van der Waals surface area contributed by atoms with Gasteiger partial charge in [0, 0.05) is 30.9 Å². The first-order valence-electron chi connectivity index (χ1n) is 7.79. The Hall–Kier alpha value is -1.70. The summed E-state index contributed by atoms with van der Waals surface area (Å²) in [5, 5.41) is 0. The normalized spacial score (nSPS) is 10.7. The third-order valence-corrected chi connectivity index (χ3v) is 3.67. The Bertz CT molecular complexity index is 477. The van der Waals surface area contributed by atoms with E-state index >= 15 is 0 Å². The second kappa shape index (κ2) is 8.47. The second-order valence-corrected chi connectivity index (χ2v) is 5.33. The molecular formula is C18H25N2+. The van der Waals surface area contributed by atoms with Crippen LogP contribution in [0.5, 0.6) is 0 Å². The molecule has 20 heavy (non-hydrogen) atoms. The van der Waals surface area contributed by atoms with Crippen molar-refractivity contribution in [2.45, 2.75) is 52.0 Å². The molecule has 0 aliphatic carbocycles. The molecule has 0 aromatic carbocycles. The maximum absolute atomic E-state index is 4.05. The number of unbranched alkanes of at least 4 members (excludes halogenated alkanes) is 5. The molecule has 2 rings (SSSR count). The predicted molar refractivity (Wildman–Crippen MR) is 83.2 cm³/mol. The van der Waals surface area contributed by atoms with Gasteiger partial charge in [-0.1, -0.05) is 32.6 Å². The van der Waals surface area contributed by atoms with Gasteiger partial charge < -0.3 is 0 Å². The van der Waals surface area contributed by atoms with Gasteiger partial charge in [0.1, 0.15) is 6.54 Å². The summed E-state index contributed by atoms with van der Waals surface area (Å²) in [5.41, 5.74) is 2.48. The van der Waals surface area contributed by atoms with Crippen molar-refractivity contribution in [3.63, 3.8) is 0 Å². The van der Waals surface area contributed by atoms with Crippen LogP contribution in [-0.4, -0.2) is 4.98 Å². The van der Waals surface area contributed by atoms with Crippen molar-refractivity contribution in [2.75, 3.05) is 0 Å². The lowest BCUT2D eigenvalue weighted by Crippen LogP contribution is -2.32. The zero-order valence-electron chi connectivity index (χ0n) is 12.5. The standard InChI is InChI=1S/C18H25N2/c1-2-3-4-5-6-7-14-20-15-10-18(11-16-20)17-8-12-19-13-9-17/h8-13,15-16H,2-7,14H2,1H3/q+1. The maximum Gasteiger partial charge on any atom is 0.169 e. The van der Waals surface area contributed by atoms with Crippen LogP contribution in [0, 0.1) is 0 Å². The fraction of sp³-hybridized carbons (Fsp3) is 0.444. The van der Waals surface area contributed by atoms with Crippen molar-refractivity contribution in [1.82, 2.24) is 4.98 Å². The molecule has 2 heterocycles. The van der Waals surface area contributed by atoms with E-state index in [4.69, 9.17) is 0 Å². The Morgan fingerprint density at radius 2 is 1.40 bits per heavy atom. The van der Waals surface area contributed by atoms with Crippen molar-refractivity contribution in [2.24, 2.45) is 0 Å². The van der Waals surface area contributed by atoms with Crippen molar-refractivity contribution < 1.29 is 4.57 Å². The van der Waals surface area contributed by atoms with Gasteiger partial charge in [0.25, 0.3) is 0 Å². The first kappa shape index (κ1) is 14.7. The molecule has 0 radical (unpaired) electrons. The monoisotopic (exact) mass is 269 g/mol. The second-order valence-electron chi connectivity index (χ2n) is 5.33. The smallest absolute Gasteiger partial charge is 0.169 e. The van der Waals surface area contributed by atoms with E-state index < -0.39 is 0 Å². The molecule has 0 spiro atoms. The number of aryl methyl sites for hydroxylation is 1. The molecular weight excluding hydrogens is 244 g/mol. The minimum Gasteiger partial charge on any atom is -0.265 e. The fourth-order valence-electron chi connectivity index (χ4n) is 2.42. The summed E-state index contributed by atoms with van der Waals surface area (Å²) in [7, 11) is 0. The molecule has 0 amide bonds. The van der Waals surface area contributed by atoms with Crippen LogP contribution in [0.3, 0.4) is 0 Å². The topological polar surface area (TPSA) is 16.8 Å². The van der Waals surface area contributed by atoms with E-state index in [0.717, 1.165) is 6.54 Å². The number of pyridine rings is 2. The molecule has 0 saturated carbocycles. The molecule has 0 fully saturated rings. The molecule has 0 N–H and O–H groups in total. The highest BCUT2D eigenvalue weighted by molar-refractivity contribution is 5.61. The quantitative estimate of drug-likeness (QED) is 0.513. The molecule has 2 nitrogen and oxygen atoms in total. The maximum atomic E-state index is 4.05. The van der Waals surface area contributed by atoms with Gasteiger partial charge in [-0.3, -0.25) is 4.98 Å². The average Bonchev–Trinajstić information content (AvgIpc) is 2.52. The molecule has 0 saturated heterocycles. The van der Waals surface area contributed by atoms with E-state index in [-0.39, 0.29) is 0 Å². The Balaban J connectivity index is 1.77. The minimum absolute atomic E-state index is 1.13. The molecule has 2 aromatic rings. The van der Waals surface area contributed by atoms with E-state index in [2.05, 4.69) is 41.0 Å². The largest absolute Gasteiger partial charge is 0.265 e. The highest BCUT2D eigenvalue weighted by Crippen LogP contribution is 2.15. The summed E-state index contributed by atoms with van der Waals surface area (Å²) in [5.74, 6) is 0. The number of hydrogen-bond donors (Lipinski definition) is 0. The zero-order valence-corrected chi connectivity index (χ0v) is 12.5. The van der Waals surface area contributed by atoms with Gasteiger partial charge in [-0.15, -0.1) is 0 Å². The molecule has 0 aliphatic rings. The number of aromatic nitrogens is 2. The van der Waals surface area contributed by atoms with Gasteiger partial charge in [0.15, 0.2) is 12.4 Å². The van der Waals surface area contributed by atoms with Crippen LogP contribution in [0.25, 0.3) is 11.1 Å². The van der Waals surface area contributed by atoms with Gasteiger partial charge in [-0.25, -0.2) is 4.57 Å². The minimum atomic E-state index is 1.13. The highest BCUT2D eigenvalue weighted by Gasteiger charge is 2.02. The number of nitrogens with zero attached hydrogens (tertiary/aromatic N) is 2. The lowest BCUT2D eigenvalue weighted by atomic mass is 10.1. The molecule has 0 atom stereocenters. The average molecular weight is 269 g/mol. The van der Waals surface area contributed by atoms with Crippen molar-refractivity contribution >= 4 is 0 Å². The van der Waals surface area contributed by atoms with Crippen molar-refractivity contribution in [1.29, 1.82) is 0 Å². The van der Waals surface area contributed by atoms with Crippen LogP contribution in [0.1, 0.15) is 45.4 Å². The van der Waals surface area contributed by atoms with Gasteiger partial charge >= 0.3 is 0 Å². The van der Waals surface area contributed by atoms with Gasteiger partial charge in [0.05, 0.1) is 0 Å². The summed E-state index contributed by atoms with van der Waals surface area (Å²) in [6.07, 6.45) is 16.1. The summed E-state index contributed by atoms with van der Waals surface area (Å²) in [6, 6.07) is 8.47. The summed E-state index contributed by atoms with van der Waals surface area (Å²) in [6.45, 7) is 3.39. The predicted octanol–water partition coefficient (Wildman–Crippen LogP) is 4.40. The third kappa shape index (κ3) is 4.76. The molecule has 2 heteroatoms. The third-order valence-electron chi connectivity index (χ3n) is 3.67. The summed E-state index contributed by atoms with van der Waals surface area (Å²) < 4.78 is 2.28. The van der Waals surface area contributed by atoms with E-state index in [1.54, 1.807) is 0 Å². The molecule has 2 aromatic heterocycles. The Morgan fingerprint density at radius 3 is 2.10 bits per heavy atom. The number of rotatable bonds is 8. The van der Waals surface area contributed by atoms with Gasteiger partial charge in [-0.05, 0) is 29.7 Å². The summed E-state index contributed by atoms with van der Waals surface area (Å²) >= 11 is 0. The lowest BCUT2D eigenvalue weighted by Gasteiger charge is -2.01. The van der Waals surface area contributed by atoms with E-state index in [1.807, 2.05) is 24.5 Å². The fourth-order valence-corrected chi connectivity index (χ4v) is 2.42. The number of hydrogen-bond acceptors (Lipinski definition) is 1. The van der Waals surface area contributed by atoms with E-state index in [1.165, 1.54) is 49.7 Å². The van der Waals surface area contributed by atoms with Crippen LogP contribution in [0.2, 0.25) is 0 Å². The van der Waals surface area contributed by atoms with Crippen LogP contribution < -0.4 is 4.57 Å². The lowest BCUT2D eigenvalue weighted by molar-refractivity contribution is -0.697. The Labute approximate surface area is 122 Å². The first-order chi connectivity index (χ1) is 9.90. The van der Waals surface area contributed by atoms with Gasteiger partial charge in [-0.2, -0.15) is 0 Å². The van der Waals surface area contributed by atoms with E-state index in [0.29, 0.717) is 0 Å². The van der Waals surface area contributed by atoms with Crippen LogP contribution in [0.4, 0.5) is 0 Å². The van der Waals surface area contributed by atoms with Crippen LogP contribution in [0.15, 0.2) is 49.1 Å². The Kier molecular flexibility index (Phi) is 6.22. The van der Waals surface area contributed by atoms with Crippen molar-refractivity contribution in [3.05, 3.63) is 49.1 Å². The molecule has 0 bridgehead atoms. The van der Waals surface area contributed by atoms with Crippen LogP contribution >= 0.6 is 0 Å². The summed E-state index contributed by atoms with van der Waals surface area (Å²) in [4.78, 5) is 4.05. The first-order valence-corrected chi connectivity index (χ1v) is 7.79. The van der Waals surface area contributed by atoms with Gasteiger partial charge in [0.2, 0.25) is 0 Å². The molecule has 0 unspecified atom stereocenters. The zero-order chi connectivity index (χ0) is 14.0. The molecule has 106 valence electrons. The Morgan fingerprint density at radius 1 is 0.800 bits per heavy atom. The van der Waals surface area contributed by atoms with Crippen LogP contribution in [-0.2, 0) is 6.54 Å². The van der Waals surface area contributed by atoms with E-state index in [9.17, 15) is 0 Å². The SMILES string of the molecule is CCCCCCCC[n+]1ccc(-c2ccncc2)cc1. The molecule has 0 aliphatic heterocycles. The van der Waals surface area contributed by atoms with Crippen molar-refractivity contribution in [3.8, 4) is 11.1 Å².